The van der Waals surface area contributed by atoms with Gasteiger partial charge in [0.2, 0.25) is 0 Å². The fourth-order valence-corrected chi connectivity index (χ4v) is 3.46. The number of fused-ring (bicyclic) bond motifs is 1. The zero-order valence-corrected chi connectivity index (χ0v) is 11.6. The lowest BCUT2D eigenvalue weighted by atomic mass is 10.1. The molecule has 0 saturated heterocycles. The van der Waals surface area contributed by atoms with Crippen molar-refractivity contribution in [1.82, 2.24) is 4.72 Å². The quantitative estimate of drug-likeness (QED) is 0.890. The van der Waals surface area contributed by atoms with Gasteiger partial charge in [-0.25, -0.2) is 13.2 Å². The SMILES string of the molecule is O=C(O)c1cccc(C2=Cc3ccccc3S(=O)(=O)N2)c1. The van der Waals surface area contributed by atoms with Crippen LogP contribution in [0.2, 0.25) is 0 Å². The van der Waals surface area contributed by atoms with E-state index in [0.29, 0.717) is 16.8 Å². The van der Waals surface area contributed by atoms with Crippen LogP contribution >= 0.6 is 0 Å². The van der Waals surface area contributed by atoms with Crippen LogP contribution in [0.15, 0.2) is 53.4 Å². The second-order valence-corrected chi connectivity index (χ2v) is 6.24. The van der Waals surface area contributed by atoms with Gasteiger partial charge in [0, 0.05) is 0 Å². The number of benzene rings is 2. The maximum atomic E-state index is 12.2. The molecule has 0 aromatic heterocycles. The molecule has 1 aliphatic rings. The lowest BCUT2D eigenvalue weighted by molar-refractivity contribution is 0.0697. The molecule has 1 heterocycles. The lowest BCUT2D eigenvalue weighted by Crippen LogP contribution is -2.26. The van der Waals surface area contributed by atoms with Gasteiger partial charge >= 0.3 is 5.97 Å². The van der Waals surface area contributed by atoms with Crippen molar-refractivity contribution in [2.24, 2.45) is 0 Å². The van der Waals surface area contributed by atoms with Crippen LogP contribution in [0, 0.1) is 0 Å². The monoisotopic (exact) mass is 301 g/mol. The summed E-state index contributed by atoms with van der Waals surface area (Å²) in [5.41, 5.74) is 1.54. The average molecular weight is 301 g/mol. The van der Waals surface area contributed by atoms with Crippen LogP contribution in [-0.4, -0.2) is 19.5 Å². The first-order chi connectivity index (χ1) is 9.97. The van der Waals surface area contributed by atoms with Crippen LogP contribution in [-0.2, 0) is 10.0 Å². The maximum Gasteiger partial charge on any atom is 0.335 e. The molecule has 0 spiro atoms. The molecule has 2 N–H and O–H groups in total. The predicted molar refractivity (Wildman–Crippen MR) is 78.0 cm³/mol. The molecule has 6 heteroatoms. The average Bonchev–Trinajstić information content (AvgIpc) is 2.46. The van der Waals surface area contributed by atoms with E-state index in [-0.39, 0.29) is 10.5 Å². The minimum atomic E-state index is -3.64. The number of aromatic carboxylic acids is 1. The van der Waals surface area contributed by atoms with Crippen molar-refractivity contribution >= 4 is 27.8 Å². The molecule has 0 atom stereocenters. The van der Waals surface area contributed by atoms with Gasteiger partial charge in [-0.05, 0) is 35.4 Å². The maximum absolute atomic E-state index is 12.2. The van der Waals surface area contributed by atoms with Gasteiger partial charge in [0.25, 0.3) is 10.0 Å². The number of hydrogen-bond acceptors (Lipinski definition) is 3. The van der Waals surface area contributed by atoms with Crippen molar-refractivity contribution < 1.29 is 18.3 Å². The molecule has 0 unspecified atom stereocenters. The van der Waals surface area contributed by atoms with E-state index in [4.69, 9.17) is 5.11 Å². The molecular formula is C15H11NO4S. The lowest BCUT2D eigenvalue weighted by Gasteiger charge is -2.19. The molecule has 0 amide bonds. The van der Waals surface area contributed by atoms with Crippen molar-refractivity contribution in [3.05, 3.63) is 65.2 Å². The van der Waals surface area contributed by atoms with Gasteiger partial charge in [0.15, 0.2) is 0 Å². The summed E-state index contributed by atoms with van der Waals surface area (Å²) in [6.45, 7) is 0. The molecule has 3 rings (SSSR count). The summed E-state index contributed by atoms with van der Waals surface area (Å²) < 4.78 is 26.9. The second-order valence-electron chi connectivity index (χ2n) is 4.59. The molecule has 21 heavy (non-hydrogen) atoms. The molecule has 0 saturated carbocycles. The van der Waals surface area contributed by atoms with E-state index >= 15 is 0 Å². The highest BCUT2D eigenvalue weighted by molar-refractivity contribution is 7.90. The molecule has 0 bridgehead atoms. The fraction of sp³-hybridized carbons (Fsp3) is 0. The largest absolute Gasteiger partial charge is 0.478 e. The summed E-state index contributed by atoms with van der Waals surface area (Å²) >= 11 is 0. The number of carboxylic acids is 1. The summed E-state index contributed by atoms with van der Waals surface area (Å²) in [5.74, 6) is -1.06. The molecule has 5 nitrogen and oxygen atoms in total. The molecular weight excluding hydrogens is 290 g/mol. The predicted octanol–water partition coefficient (Wildman–Crippen LogP) is 2.17. The standard InChI is InChI=1S/C15H11NO4S/c17-15(18)12-6-3-5-10(8-12)13-9-11-4-1-2-7-14(11)21(19,20)16-13/h1-9,16H,(H,17,18). The van der Waals surface area contributed by atoms with Gasteiger partial charge in [-0.1, -0.05) is 30.3 Å². The highest BCUT2D eigenvalue weighted by Crippen LogP contribution is 2.28. The Morgan fingerprint density at radius 1 is 1.05 bits per heavy atom. The van der Waals surface area contributed by atoms with Gasteiger partial charge < -0.3 is 5.11 Å². The Morgan fingerprint density at radius 3 is 2.57 bits per heavy atom. The number of carboxylic acid groups (broad SMARTS) is 1. The van der Waals surface area contributed by atoms with Crippen LogP contribution < -0.4 is 4.72 Å². The Kier molecular flexibility index (Phi) is 3.03. The Balaban J connectivity index is 2.15. The zero-order chi connectivity index (χ0) is 15.0. The first kappa shape index (κ1) is 13.4. The second kappa shape index (κ2) is 4.75. The zero-order valence-electron chi connectivity index (χ0n) is 10.8. The van der Waals surface area contributed by atoms with E-state index < -0.39 is 16.0 Å². The van der Waals surface area contributed by atoms with E-state index in [1.165, 1.54) is 18.2 Å². The molecule has 0 aliphatic carbocycles. The van der Waals surface area contributed by atoms with E-state index in [0.717, 1.165) is 0 Å². The van der Waals surface area contributed by atoms with E-state index in [1.54, 1.807) is 36.4 Å². The Labute approximate surface area is 121 Å². The van der Waals surface area contributed by atoms with Crippen LogP contribution in [0.1, 0.15) is 21.5 Å². The highest BCUT2D eigenvalue weighted by atomic mass is 32.2. The van der Waals surface area contributed by atoms with Crippen molar-refractivity contribution in [3.63, 3.8) is 0 Å². The Bertz CT molecular complexity index is 869. The van der Waals surface area contributed by atoms with Gasteiger partial charge in [-0.2, -0.15) is 0 Å². The topological polar surface area (TPSA) is 83.5 Å². The number of sulfonamides is 1. The normalized spacial score (nSPS) is 15.5. The summed E-state index contributed by atoms with van der Waals surface area (Å²) in [5, 5.41) is 9.01. The van der Waals surface area contributed by atoms with Gasteiger partial charge in [0.1, 0.15) is 0 Å². The third kappa shape index (κ3) is 2.41. The van der Waals surface area contributed by atoms with E-state index in [2.05, 4.69) is 4.72 Å². The number of nitrogens with one attached hydrogen (secondary N) is 1. The smallest absolute Gasteiger partial charge is 0.335 e. The molecule has 0 radical (unpaired) electrons. The third-order valence-electron chi connectivity index (χ3n) is 3.17. The molecule has 2 aromatic rings. The van der Waals surface area contributed by atoms with Crippen molar-refractivity contribution in [3.8, 4) is 0 Å². The van der Waals surface area contributed by atoms with E-state index in [1.807, 2.05) is 0 Å². The van der Waals surface area contributed by atoms with Crippen molar-refractivity contribution in [2.45, 2.75) is 4.90 Å². The molecule has 2 aromatic carbocycles. The minimum Gasteiger partial charge on any atom is -0.478 e. The molecule has 0 fully saturated rings. The Hall–Kier alpha value is -2.60. The molecule has 106 valence electrons. The summed E-state index contributed by atoms with van der Waals surface area (Å²) in [4.78, 5) is 11.2. The third-order valence-corrected chi connectivity index (χ3v) is 4.61. The first-order valence-electron chi connectivity index (χ1n) is 6.15. The van der Waals surface area contributed by atoms with Crippen LogP contribution in [0.25, 0.3) is 11.8 Å². The van der Waals surface area contributed by atoms with Crippen LogP contribution in [0.3, 0.4) is 0 Å². The number of carbonyl (C=O) groups is 1. The van der Waals surface area contributed by atoms with Crippen LogP contribution in [0.5, 0.6) is 0 Å². The summed E-state index contributed by atoms with van der Waals surface area (Å²) in [6, 6.07) is 12.8. The summed E-state index contributed by atoms with van der Waals surface area (Å²) in [7, 11) is -3.64. The van der Waals surface area contributed by atoms with Gasteiger partial charge in [-0.3, -0.25) is 4.72 Å². The van der Waals surface area contributed by atoms with Gasteiger partial charge in [0.05, 0.1) is 16.2 Å². The molecule has 1 aliphatic heterocycles. The summed E-state index contributed by atoms with van der Waals surface area (Å²) in [6.07, 6.45) is 1.69. The van der Waals surface area contributed by atoms with Gasteiger partial charge in [-0.15, -0.1) is 0 Å². The first-order valence-corrected chi connectivity index (χ1v) is 7.63. The fourth-order valence-electron chi connectivity index (χ4n) is 2.19. The Morgan fingerprint density at radius 2 is 1.81 bits per heavy atom. The van der Waals surface area contributed by atoms with Crippen molar-refractivity contribution in [1.29, 1.82) is 0 Å². The van der Waals surface area contributed by atoms with E-state index in [9.17, 15) is 13.2 Å². The van der Waals surface area contributed by atoms with Crippen LogP contribution in [0.4, 0.5) is 0 Å². The number of hydrogen-bond donors (Lipinski definition) is 2. The van der Waals surface area contributed by atoms with Crippen molar-refractivity contribution in [2.75, 3.05) is 0 Å². The minimum absolute atomic E-state index is 0.103. The highest BCUT2D eigenvalue weighted by Gasteiger charge is 2.24. The number of rotatable bonds is 2.